The van der Waals surface area contributed by atoms with Crippen molar-refractivity contribution in [2.75, 3.05) is 19.5 Å². The van der Waals surface area contributed by atoms with Gasteiger partial charge in [-0.15, -0.1) is 11.3 Å². The summed E-state index contributed by atoms with van der Waals surface area (Å²) < 4.78 is 10.6. The smallest absolute Gasteiger partial charge is 0.225 e. The second kappa shape index (κ2) is 6.16. The molecule has 8 heteroatoms. The fourth-order valence-electron chi connectivity index (χ4n) is 2.01. The summed E-state index contributed by atoms with van der Waals surface area (Å²) >= 11 is 13.6. The van der Waals surface area contributed by atoms with Crippen molar-refractivity contribution >= 4 is 56.3 Å². The molecule has 114 valence electrons. The van der Waals surface area contributed by atoms with E-state index in [0.717, 1.165) is 10.2 Å². The van der Waals surface area contributed by atoms with E-state index >= 15 is 0 Å². The predicted octanol–water partition coefficient (Wildman–Crippen LogP) is 4.76. The van der Waals surface area contributed by atoms with Crippen molar-refractivity contribution in [2.45, 2.75) is 0 Å². The zero-order valence-corrected chi connectivity index (χ0v) is 14.0. The van der Waals surface area contributed by atoms with Crippen molar-refractivity contribution < 1.29 is 9.47 Å². The topological polar surface area (TPSA) is 56.3 Å². The van der Waals surface area contributed by atoms with E-state index in [9.17, 15) is 0 Å². The zero-order chi connectivity index (χ0) is 15.7. The predicted molar refractivity (Wildman–Crippen MR) is 90.3 cm³/mol. The number of methoxy groups -OCH3 is 2. The molecule has 0 unspecified atom stereocenters. The van der Waals surface area contributed by atoms with Gasteiger partial charge in [0.25, 0.3) is 0 Å². The number of benzene rings is 1. The van der Waals surface area contributed by atoms with E-state index in [1.54, 1.807) is 26.4 Å². The molecular formula is C14H11Cl2N3O2S. The zero-order valence-electron chi connectivity index (χ0n) is 11.7. The van der Waals surface area contributed by atoms with Crippen molar-refractivity contribution in [2.24, 2.45) is 0 Å². The maximum atomic E-state index is 6.11. The van der Waals surface area contributed by atoms with Crippen LogP contribution in [0.25, 0.3) is 10.2 Å². The monoisotopic (exact) mass is 355 g/mol. The molecule has 1 N–H and O–H groups in total. The molecule has 2 aromatic heterocycles. The minimum atomic E-state index is 0.178. The highest BCUT2D eigenvalue weighted by Gasteiger charge is 2.13. The minimum absolute atomic E-state index is 0.178. The third kappa shape index (κ3) is 2.77. The van der Waals surface area contributed by atoms with Gasteiger partial charge in [0.15, 0.2) is 0 Å². The van der Waals surface area contributed by atoms with Crippen LogP contribution in [-0.4, -0.2) is 24.2 Å². The van der Waals surface area contributed by atoms with Gasteiger partial charge in [0, 0.05) is 12.1 Å². The molecule has 5 nitrogen and oxygen atoms in total. The molecule has 2 heterocycles. The van der Waals surface area contributed by atoms with Crippen LogP contribution in [0, 0.1) is 0 Å². The van der Waals surface area contributed by atoms with Gasteiger partial charge in [0.05, 0.1) is 30.3 Å². The molecule has 0 saturated heterocycles. The Morgan fingerprint density at radius 3 is 2.59 bits per heavy atom. The Bertz CT molecular complexity index is 838. The number of ether oxygens (including phenoxy) is 2. The van der Waals surface area contributed by atoms with E-state index < -0.39 is 0 Å². The van der Waals surface area contributed by atoms with Crippen LogP contribution >= 0.6 is 34.5 Å². The number of thiophene rings is 1. The Labute approximate surface area is 140 Å². The first-order valence-electron chi connectivity index (χ1n) is 6.21. The normalized spacial score (nSPS) is 10.7. The first kappa shape index (κ1) is 15.1. The van der Waals surface area contributed by atoms with E-state index in [2.05, 4.69) is 15.3 Å². The highest BCUT2D eigenvalue weighted by atomic mass is 35.5. The quantitative estimate of drug-likeness (QED) is 0.683. The van der Waals surface area contributed by atoms with Crippen molar-refractivity contribution in [1.29, 1.82) is 0 Å². The molecule has 3 aromatic rings. The highest BCUT2D eigenvalue weighted by molar-refractivity contribution is 7.16. The van der Waals surface area contributed by atoms with Crippen LogP contribution < -0.4 is 14.8 Å². The van der Waals surface area contributed by atoms with E-state index in [-0.39, 0.29) is 5.28 Å². The van der Waals surface area contributed by atoms with Gasteiger partial charge in [-0.2, -0.15) is 4.98 Å². The van der Waals surface area contributed by atoms with Crippen molar-refractivity contribution in [3.05, 3.63) is 33.9 Å². The van der Waals surface area contributed by atoms with E-state index in [1.165, 1.54) is 11.3 Å². The molecule has 0 spiro atoms. The molecule has 22 heavy (non-hydrogen) atoms. The molecule has 0 fully saturated rings. The van der Waals surface area contributed by atoms with Crippen LogP contribution in [-0.2, 0) is 0 Å². The van der Waals surface area contributed by atoms with Gasteiger partial charge >= 0.3 is 0 Å². The van der Waals surface area contributed by atoms with Gasteiger partial charge in [-0.05, 0) is 23.0 Å². The number of halogens is 2. The molecule has 0 aliphatic rings. The Balaban J connectivity index is 2.10. The molecular weight excluding hydrogens is 345 g/mol. The first-order chi connectivity index (χ1) is 10.6. The lowest BCUT2D eigenvalue weighted by atomic mass is 10.2. The van der Waals surface area contributed by atoms with E-state index in [1.807, 2.05) is 11.4 Å². The third-order valence-corrected chi connectivity index (χ3v) is 4.30. The second-order valence-electron chi connectivity index (χ2n) is 4.29. The molecule has 0 atom stereocenters. The standard InChI is InChI=1S/C14H11Cl2N3O2S/c1-20-10-6-9(11(21-2)5-8(10)15)17-12-7-3-4-22-13(7)19-14(16)18-12/h3-6H,1-2H3,(H,17,18,19). The molecule has 0 aliphatic heterocycles. The average molecular weight is 356 g/mol. The van der Waals surface area contributed by atoms with Crippen LogP contribution in [0.2, 0.25) is 10.3 Å². The van der Waals surface area contributed by atoms with Crippen LogP contribution in [0.4, 0.5) is 11.5 Å². The molecule has 0 amide bonds. The Morgan fingerprint density at radius 1 is 1.09 bits per heavy atom. The maximum Gasteiger partial charge on any atom is 0.225 e. The number of hydrogen-bond donors (Lipinski definition) is 1. The van der Waals surface area contributed by atoms with Gasteiger partial charge < -0.3 is 14.8 Å². The number of anilines is 2. The number of nitrogens with zero attached hydrogens (tertiary/aromatic N) is 2. The lowest BCUT2D eigenvalue weighted by molar-refractivity contribution is 0.405. The molecule has 3 rings (SSSR count). The summed E-state index contributed by atoms with van der Waals surface area (Å²) in [5, 5.41) is 6.66. The average Bonchev–Trinajstić information content (AvgIpc) is 2.96. The molecule has 0 radical (unpaired) electrons. The van der Waals surface area contributed by atoms with E-state index in [4.69, 9.17) is 32.7 Å². The van der Waals surface area contributed by atoms with Gasteiger partial charge in [-0.25, -0.2) is 4.98 Å². The van der Waals surface area contributed by atoms with Crippen LogP contribution in [0.5, 0.6) is 11.5 Å². The third-order valence-electron chi connectivity index (χ3n) is 3.02. The van der Waals surface area contributed by atoms with Gasteiger partial charge in [-0.3, -0.25) is 0 Å². The number of fused-ring (bicyclic) bond motifs is 1. The van der Waals surface area contributed by atoms with Crippen LogP contribution in [0.3, 0.4) is 0 Å². The van der Waals surface area contributed by atoms with Crippen molar-refractivity contribution in [3.8, 4) is 11.5 Å². The molecule has 0 saturated carbocycles. The summed E-state index contributed by atoms with van der Waals surface area (Å²) in [6.07, 6.45) is 0. The van der Waals surface area contributed by atoms with Crippen molar-refractivity contribution in [3.63, 3.8) is 0 Å². The molecule has 0 aliphatic carbocycles. The SMILES string of the molecule is COc1cc(Nc2nc(Cl)nc3sccc23)c(OC)cc1Cl. The maximum absolute atomic E-state index is 6.11. The first-order valence-corrected chi connectivity index (χ1v) is 7.85. The van der Waals surface area contributed by atoms with Crippen LogP contribution in [0.1, 0.15) is 0 Å². The summed E-state index contributed by atoms with van der Waals surface area (Å²) in [4.78, 5) is 9.23. The van der Waals surface area contributed by atoms with Gasteiger partial charge in [0.1, 0.15) is 22.1 Å². The van der Waals surface area contributed by atoms with Gasteiger partial charge in [-0.1, -0.05) is 11.6 Å². The fourth-order valence-corrected chi connectivity index (χ4v) is 3.22. The number of hydrogen-bond acceptors (Lipinski definition) is 6. The Kier molecular flexibility index (Phi) is 4.24. The lowest BCUT2D eigenvalue weighted by Gasteiger charge is -2.14. The lowest BCUT2D eigenvalue weighted by Crippen LogP contribution is -1.99. The summed E-state index contributed by atoms with van der Waals surface area (Å²) in [6, 6.07) is 5.35. The molecule has 1 aromatic carbocycles. The molecule has 0 bridgehead atoms. The second-order valence-corrected chi connectivity index (χ2v) is 5.93. The highest BCUT2D eigenvalue weighted by Crippen LogP contribution is 2.38. The summed E-state index contributed by atoms with van der Waals surface area (Å²) in [6.45, 7) is 0. The summed E-state index contributed by atoms with van der Waals surface area (Å²) in [7, 11) is 3.12. The summed E-state index contributed by atoms with van der Waals surface area (Å²) in [5.41, 5.74) is 0.672. The largest absolute Gasteiger partial charge is 0.495 e. The minimum Gasteiger partial charge on any atom is -0.495 e. The van der Waals surface area contributed by atoms with Crippen LogP contribution in [0.15, 0.2) is 23.6 Å². The Morgan fingerprint density at radius 2 is 1.86 bits per heavy atom. The number of nitrogens with one attached hydrogen (secondary N) is 1. The fraction of sp³-hybridized carbons (Fsp3) is 0.143. The number of rotatable bonds is 4. The van der Waals surface area contributed by atoms with Gasteiger partial charge in [0.2, 0.25) is 5.28 Å². The Hall–Kier alpha value is -1.76. The summed E-state index contributed by atoms with van der Waals surface area (Å²) in [5.74, 6) is 1.70. The van der Waals surface area contributed by atoms with E-state index in [0.29, 0.717) is 28.0 Å². The van der Waals surface area contributed by atoms with Crippen molar-refractivity contribution in [1.82, 2.24) is 9.97 Å². The number of aromatic nitrogens is 2.